The van der Waals surface area contributed by atoms with Crippen molar-refractivity contribution in [2.45, 2.75) is 20.5 Å². The molecule has 2 rings (SSSR count). The quantitative estimate of drug-likeness (QED) is 0.627. The van der Waals surface area contributed by atoms with Gasteiger partial charge in [0.15, 0.2) is 6.61 Å². The van der Waals surface area contributed by atoms with Gasteiger partial charge >= 0.3 is 12.6 Å². The van der Waals surface area contributed by atoms with Gasteiger partial charge in [0, 0.05) is 24.3 Å². The monoisotopic (exact) mass is 420 g/mol. The van der Waals surface area contributed by atoms with Crippen LogP contribution in [0.4, 0.5) is 14.5 Å². The average Bonchev–Trinajstić information content (AvgIpc) is 2.73. The molecule has 0 aliphatic rings. The van der Waals surface area contributed by atoms with Crippen molar-refractivity contribution in [2.75, 3.05) is 25.0 Å². The molecule has 7 nitrogen and oxygen atoms in total. The number of nitrogens with zero attached hydrogens (tertiary/aromatic N) is 1. The van der Waals surface area contributed by atoms with E-state index in [-0.39, 0.29) is 17.2 Å². The number of ether oxygens (including phenoxy) is 2. The smallest absolute Gasteiger partial charge is 0.387 e. The van der Waals surface area contributed by atoms with Crippen molar-refractivity contribution in [1.29, 1.82) is 0 Å². The first-order valence-corrected chi connectivity index (χ1v) is 9.25. The second kappa shape index (κ2) is 10.9. The zero-order chi connectivity index (χ0) is 22.1. The molecule has 0 radical (unpaired) electrons. The SMILES string of the molecule is CCN(CC)C(=O)c1ccc(NC(=O)COC(=O)c2ccc(OC(F)F)cc2)cc1. The standard InChI is InChI=1S/C21H22F2N2O5/c1-3-25(4-2)19(27)14-5-9-16(10-6-14)24-18(26)13-29-20(28)15-7-11-17(12-8-15)30-21(22)23/h5-12,21H,3-4,13H2,1-2H3,(H,24,26). The van der Waals surface area contributed by atoms with E-state index in [2.05, 4.69) is 10.1 Å². The number of esters is 1. The molecule has 0 atom stereocenters. The van der Waals surface area contributed by atoms with Crippen LogP contribution in [0.25, 0.3) is 0 Å². The first kappa shape index (κ1) is 22.8. The van der Waals surface area contributed by atoms with Gasteiger partial charge < -0.3 is 19.7 Å². The summed E-state index contributed by atoms with van der Waals surface area (Å²) in [6.45, 7) is 1.48. The molecule has 0 unspecified atom stereocenters. The Balaban J connectivity index is 1.85. The largest absolute Gasteiger partial charge is 0.452 e. The molecule has 2 aromatic carbocycles. The van der Waals surface area contributed by atoms with E-state index in [1.807, 2.05) is 13.8 Å². The summed E-state index contributed by atoms with van der Waals surface area (Å²) in [5, 5.41) is 2.56. The minimum Gasteiger partial charge on any atom is -0.452 e. The third-order valence-electron chi connectivity index (χ3n) is 4.12. The summed E-state index contributed by atoms with van der Waals surface area (Å²) in [7, 11) is 0. The number of anilines is 1. The molecule has 0 spiro atoms. The van der Waals surface area contributed by atoms with Gasteiger partial charge in [0.05, 0.1) is 5.56 Å². The Labute approximate surface area is 172 Å². The van der Waals surface area contributed by atoms with Gasteiger partial charge in [0.2, 0.25) is 0 Å². The third kappa shape index (κ3) is 6.54. The first-order valence-electron chi connectivity index (χ1n) is 9.25. The first-order chi connectivity index (χ1) is 14.3. The van der Waals surface area contributed by atoms with E-state index < -0.39 is 25.1 Å². The zero-order valence-electron chi connectivity index (χ0n) is 16.6. The second-order valence-electron chi connectivity index (χ2n) is 6.08. The van der Waals surface area contributed by atoms with Crippen LogP contribution in [0.1, 0.15) is 34.6 Å². The Kier molecular flexibility index (Phi) is 8.28. The van der Waals surface area contributed by atoms with Crippen LogP contribution in [-0.4, -0.2) is 49.0 Å². The van der Waals surface area contributed by atoms with Gasteiger partial charge in [-0.15, -0.1) is 0 Å². The predicted octanol–water partition coefficient (Wildman–Crippen LogP) is 3.57. The lowest BCUT2D eigenvalue weighted by Crippen LogP contribution is -2.30. The lowest BCUT2D eigenvalue weighted by atomic mass is 10.2. The maximum absolute atomic E-state index is 12.3. The van der Waals surface area contributed by atoms with E-state index in [4.69, 9.17) is 4.74 Å². The molecule has 0 bridgehead atoms. The van der Waals surface area contributed by atoms with Crippen LogP contribution >= 0.6 is 0 Å². The van der Waals surface area contributed by atoms with Gasteiger partial charge in [-0.05, 0) is 62.4 Å². The number of halogens is 2. The van der Waals surface area contributed by atoms with E-state index in [1.54, 1.807) is 29.2 Å². The van der Waals surface area contributed by atoms with Gasteiger partial charge in [-0.2, -0.15) is 8.78 Å². The Morgan fingerprint density at radius 3 is 2.03 bits per heavy atom. The van der Waals surface area contributed by atoms with E-state index in [9.17, 15) is 23.2 Å². The van der Waals surface area contributed by atoms with Crippen molar-refractivity contribution >= 4 is 23.5 Å². The van der Waals surface area contributed by atoms with Crippen LogP contribution < -0.4 is 10.1 Å². The van der Waals surface area contributed by atoms with Crippen molar-refractivity contribution in [3.63, 3.8) is 0 Å². The number of amides is 2. The van der Waals surface area contributed by atoms with E-state index >= 15 is 0 Å². The lowest BCUT2D eigenvalue weighted by molar-refractivity contribution is -0.119. The van der Waals surface area contributed by atoms with Crippen molar-refractivity contribution in [2.24, 2.45) is 0 Å². The Morgan fingerprint density at radius 1 is 0.933 bits per heavy atom. The summed E-state index contributed by atoms with van der Waals surface area (Å²) in [6, 6.07) is 11.3. The highest BCUT2D eigenvalue weighted by Crippen LogP contribution is 2.16. The summed E-state index contributed by atoms with van der Waals surface area (Å²) in [5.74, 6) is -1.54. The van der Waals surface area contributed by atoms with Crippen molar-refractivity contribution < 1.29 is 32.6 Å². The molecule has 0 heterocycles. The summed E-state index contributed by atoms with van der Waals surface area (Å²) >= 11 is 0. The Hall–Kier alpha value is -3.49. The highest BCUT2D eigenvalue weighted by Gasteiger charge is 2.14. The van der Waals surface area contributed by atoms with Crippen LogP contribution in [0.15, 0.2) is 48.5 Å². The number of carbonyl (C=O) groups is 3. The Bertz CT molecular complexity index is 866. The van der Waals surface area contributed by atoms with Gasteiger partial charge in [-0.1, -0.05) is 0 Å². The Morgan fingerprint density at radius 2 is 1.50 bits per heavy atom. The molecule has 0 fully saturated rings. The van der Waals surface area contributed by atoms with Gasteiger partial charge in [-0.3, -0.25) is 9.59 Å². The van der Waals surface area contributed by atoms with Crippen LogP contribution in [0, 0.1) is 0 Å². The maximum atomic E-state index is 12.3. The molecule has 0 aromatic heterocycles. The molecule has 0 aliphatic carbocycles. The molecule has 2 amide bonds. The summed E-state index contributed by atoms with van der Waals surface area (Å²) < 4.78 is 33.3. The van der Waals surface area contributed by atoms with E-state index in [0.29, 0.717) is 24.3 Å². The summed E-state index contributed by atoms with van der Waals surface area (Å²) in [5.41, 5.74) is 1.03. The fourth-order valence-electron chi connectivity index (χ4n) is 2.57. The van der Waals surface area contributed by atoms with Crippen molar-refractivity contribution in [1.82, 2.24) is 4.90 Å². The van der Waals surface area contributed by atoms with Gasteiger partial charge in [0.25, 0.3) is 11.8 Å². The molecule has 9 heteroatoms. The highest BCUT2D eigenvalue weighted by molar-refractivity contribution is 5.97. The molecular formula is C21H22F2N2O5. The number of nitrogens with one attached hydrogen (secondary N) is 1. The topological polar surface area (TPSA) is 84.9 Å². The minimum absolute atomic E-state index is 0.0867. The number of alkyl halides is 2. The molecule has 0 saturated heterocycles. The zero-order valence-corrected chi connectivity index (χ0v) is 16.6. The molecule has 2 aromatic rings. The molecular weight excluding hydrogens is 398 g/mol. The van der Waals surface area contributed by atoms with Crippen molar-refractivity contribution in [3.05, 3.63) is 59.7 Å². The maximum Gasteiger partial charge on any atom is 0.387 e. The number of hydrogen-bond acceptors (Lipinski definition) is 5. The molecule has 0 saturated carbocycles. The molecule has 0 aliphatic heterocycles. The summed E-state index contributed by atoms with van der Waals surface area (Å²) in [4.78, 5) is 37.9. The summed E-state index contributed by atoms with van der Waals surface area (Å²) in [6.07, 6.45) is 0. The normalized spacial score (nSPS) is 10.4. The van der Waals surface area contributed by atoms with Crippen LogP contribution in [0.5, 0.6) is 5.75 Å². The number of benzene rings is 2. The van der Waals surface area contributed by atoms with Crippen LogP contribution in [0.3, 0.4) is 0 Å². The average molecular weight is 420 g/mol. The number of hydrogen-bond donors (Lipinski definition) is 1. The second-order valence-corrected chi connectivity index (χ2v) is 6.08. The minimum atomic E-state index is -2.96. The van der Waals surface area contributed by atoms with Crippen LogP contribution in [0.2, 0.25) is 0 Å². The number of carbonyl (C=O) groups excluding carboxylic acids is 3. The highest BCUT2D eigenvalue weighted by atomic mass is 19.3. The third-order valence-corrected chi connectivity index (χ3v) is 4.12. The number of rotatable bonds is 9. The molecule has 30 heavy (non-hydrogen) atoms. The molecule has 1 N–H and O–H groups in total. The van der Waals surface area contributed by atoms with Gasteiger partial charge in [-0.25, -0.2) is 4.79 Å². The fourth-order valence-corrected chi connectivity index (χ4v) is 2.57. The van der Waals surface area contributed by atoms with Gasteiger partial charge in [0.1, 0.15) is 5.75 Å². The van der Waals surface area contributed by atoms with E-state index in [0.717, 1.165) is 0 Å². The van der Waals surface area contributed by atoms with Crippen LogP contribution in [-0.2, 0) is 9.53 Å². The van der Waals surface area contributed by atoms with Crippen molar-refractivity contribution in [3.8, 4) is 5.75 Å². The predicted molar refractivity (Wildman–Crippen MR) is 106 cm³/mol. The van der Waals surface area contributed by atoms with E-state index in [1.165, 1.54) is 24.3 Å². The fraction of sp³-hybridized carbons (Fsp3) is 0.286. The molecule has 160 valence electrons. The lowest BCUT2D eigenvalue weighted by Gasteiger charge is -2.18.